The highest BCUT2D eigenvalue weighted by molar-refractivity contribution is 5.99. The summed E-state index contributed by atoms with van der Waals surface area (Å²) in [5.41, 5.74) is 2.78. The van der Waals surface area contributed by atoms with E-state index in [1.165, 1.54) is 15.6 Å². The number of anilines is 1. The first-order valence-corrected chi connectivity index (χ1v) is 6.89. The van der Waals surface area contributed by atoms with Crippen LogP contribution < -0.4 is 10.4 Å². The van der Waals surface area contributed by atoms with E-state index >= 15 is 0 Å². The number of halogens is 2. The third-order valence-corrected chi connectivity index (χ3v) is 3.40. The minimum Gasteiger partial charge on any atom is -0.350 e. The van der Waals surface area contributed by atoms with Crippen molar-refractivity contribution in [2.75, 3.05) is 24.6 Å². The fourth-order valence-electron chi connectivity index (χ4n) is 2.32. The number of hydroxylamine groups is 1. The Morgan fingerprint density at radius 1 is 1.55 bits per heavy atom. The molecule has 7 nitrogen and oxygen atoms in total. The maximum absolute atomic E-state index is 13.3. The summed E-state index contributed by atoms with van der Waals surface area (Å²) >= 11 is 0. The lowest BCUT2D eigenvalue weighted by atomic mass is 10.3. The molecule has 0 saturated carbocycles. The monoisotopic (exact) mass is 311 g/mol. The highest BCUT2D eigenvalue weighted by Crippen LogP contribution is 2.30. The molecular formula is C13H15F2N5O2. The fourth-order valence-corrected chi connectivity index (χ4v) is 2.32. The zero-order valence-electron chi connectivity index (χ0n) is 11.9. The van der Waals surface area contributed by atoms with Crippen LogP contribution >= 0.6 is 0 Å². The zero-order chi connectivity index (χ0) is 15.7. The van der Waals surface area contributed by atoms with Gasteiger partial charge in [0.25, 0.3) is 11.8 Å². The number of alkyl halides is 2. The van der Waals surface area contributed by atoms with Crippen LogP contribution in [0.2, 0.25) is 0 Å². The maximum atomic E-state index is 13.3. The number of fused-ring (bicyclic) bond motifs is 1. The number of nitrogens with one attached hydrogen (secondary N) is 1. The molecule has 0 radical (unpaired) electrons. The Hall–Kier alpha value is -2.29. The molecule has 0 bridgehead atoms. The number of aromatic nitrogens is 3. The van der Waals surface area contributed by atoms with Crippen LogP contribution in [0, 0.1) is 0 Å². The number of carbonyl (C=O) groups is 1. The van der Waals surface area contributed by atoms with Crippen LogP contribution in [0.3, 0.4) is 0 Å². The molecule has 9 heteroatoms. The van der Waals surface area contributed by atoms with Gasteiger partial charge in [-0.15, -0.1) is 0 Å². The second-order valence-corrected chi connectivity index (χ2v) is 5.00. The Morgan fingerprint density at radius 2 is 2.36 bits per heavy atom. The molecule has 3 rings (SSSR count). The second-order valence-electron chi connectivity index (χ2n) is 5.00. The van der Waals surface area contributed by atoms with E-state index in [2.05, 4.69) is 15.6 Å². The van der Waals surface area contributed by atoms with Crippen LogP contribution in [0.4, 0.5) is 14.6 Å². The molecule has 1 aliphatic heterocycles. The Balaban J connectivity index is 1.90. The van der Waals surface area contributed by atoms with Crippen LogP contribution in [0.25, 0.3) is 5.65 Å². The van der Waals surface area contributed by atoms with E-state index in [-0.39, 0.29) is 25.1 Å². The van der Waals surface area contributed by atoms with Crippen molar-refractivity contribution < 1.29 is 18.4 Å². The molecule has 3 heterocycles. The first-order chi connectivity index (χ1) is 10.5. The standard InChI is InChI=1S/C13H15F2N5O2/c1-2-22-18-12(21)9-7-16-20-5-3-10(17-11(9)20)19-6-4-13(14,15)8-19/h3,5,7H,2,4,6,8H2,1H3,(H,18,21). The van der Waals surface area contributed by atoms with Crippen molar-refractivity contribution in [1.29, 1.82) is 0 Å². The molecule has 1 saturated heterocycles. The van der Waals surface area contributed by atoms with Gasteiger partial charge in [-0.1, -0.05) is 0 Å². The molecule has 2 aromatic heterocycles. The summed E-state index contributed by atoms with van der Waals surface area (Å²) in [6.45, 7) is 1.92. The van der Waals surface area contributed by atoms with Gasteiger partial charge < -0.3 is 4.90 Å². The molecule has 0 spiro atoms. The predicted octanol–water partition coefficient (Wildman–Crippen LogP) is 1.26. The summed E-state index contributed by atoms with van der Waals surface area (Å²) in [5, 5.41) is 4.02. The Labute approximate surface area is 124 Å². The molecular weight excluding hydrogens is 296 g/mol. The topological polar surface area (TPSA) is 71.8 Å². The minimum absolute atomic E-state index is 0.198. The average molecular weight is 311 g/mol. The van der Waals surface area contributed by atoms with Gasteiger partial charge in [0.05, 0.1) is 19.3 Å². The van der Waals surface area contributed by atoms with Gasteiger partial charge in [0.2, 0.25) is 0 Å². The Kier molecular flexibility index (Phi) is 3.65. The normalized spacial score (nSPS) is 17.1. The Bertz CT molecular complexity index is 703. The molecule has 1 fully saturated rings. The van der Waals surface area contributed by atoms with Gasteiger partial charge >= 0.3 is 0 Å². The molecule has 118 valence electrons. The first-order valence-electron chi connectivity index (χ1n) is 6.89. The molecule has 1 aliphatic rings. The number of carbonyl (C=O) groups excluding carboxylic acids is 1. The van der Waals surface area contributed by atoms with E-state index in [1.807, 2.05) is 0 Å². The molecule has 1 amide bonds. The van der Waals surface area contributed by atoms with Gasteiger partial charge in [0.1, 0.15) is 11.4 Å². The van der Waals surface area contributed by atoms with E-state index in [1.54, 1.807) is 19.2 Å². The third kappa shape index (κ3) is 2.71. The number of nitrogens with zero attached hydrogens (tertiary/aromatic N) is 4. The molecule has 22 heavy (non-hydrogen) atoms. The lowest BCUT2D eigenvalue weighted by Gasteiger charge is -2.17. The lowest BCUT2D eigenvalue weighted by Crippen LogP contribution is -2.26. The number of hydrogen-bond donors (Lipinski definition) is 1. The van der Waals surface area contributed by atoms with E-state index in [0.717, 1.165) is 0 Å². The van der Waals surface area contributed by atoms with Crippen LogP contribution in [0.15, 0.2) is 18.5 Å². The smallest absolute Gasteiger partial charge is 0.280 e. The van der Waals surface area contributed by atoms with E-state index in [0.29, 0.717) is 18.1 Å². The molecule has 0 unspecified atom stereocenters. The van der Waals surface area contributed by atoms with Crippen molar-refractivity contribution >= 4 is 17.4 Å². The van der Waals surface area contributed by atoms with Gasteiger partial charge in [0.15, 0.2) is 5.65 Å². The third-order valence-electron chi connectivity index (χ3n) is 3.40. The summed E-state index contributed by atoms with van der Waals surface area (Å²) in [6.07, 6.45) is 2.75. The second kappa shape index (κ2) is 5.48. The summed E-state index contributed by atoms with van der Waals surface area (Å²) < 4.78 is 28.0. The fraction of sp³-hybridized carbons (Fsp3) is 0.462. The van der Waals surface area contributed by atoms with Crippen molar-refractivity contribution in [2.45, 2.75) is 19.3 Å². The van der Waals surface area contributed by atoms with Gasteiger partial charge in [0, 0.05) is 19.2 Å². The summed E-state index contributed by atoms with van der Waals surface area (Å²) in [7, 11) is 0. The van der Waals surface area contributed by atoms with E-state index in [4.69, 9.17) is 4.84 Å². The van der Waals surface area contributed by atoms with E-state index in [9.17, 15) is 13.6 Å². The summed E-state index contributed by atoms with van der Waals surface area (Å²) in [5.74, 6) is -2.78. The maximum Gasteiger partial charge on any atom is 0.280 e. The highest BCUT2D eigenvalue weighted by atomic mass is 19.3. The van der Waals surface area contributed by atoms with Gasteiger partial charge in [-0.2, -0.15) is 5.10 Å². The Morgan fingerprint density at radius 3 is 3.05 bits per heavy atom. The van der Waals surface area contributed by atoms with Crippen molar-refractivity contribution in [3.05, 3.63) is 24.0 Å². The lowest BCUT2D eigenvalue weighted by molar-refractivity contribution is 0.0256. The van der Waals surface area contributed by atoms with Crippen molar-refractivity contribution in [1.82, 2.24) is 20.1 Å². The van der Waals surface area contributed by atoms with Crippen LogP contribution in [-0.2, 0) is 4.84 Å². The molecule has 0 aromatic carbocycles. The average Bonchev–Trinajstić information content (AvgIpc) is 3.07. The quantitative estimate of drug-likeness (QED) is 0.861. The van der Waals surface area contributed by atoms with Crippen molar-refractivity contribution in [3.63, 3.8) is 0 Å². The van der Waals surface area contributed by atoms with Crippen molar-refractivity contribution in [2.24, 2.45) is 0 Å². The van der Waals surface area contributed by atoms with Gasteiger partial charge in [-0.3, -0.25) is 9.63 Å². The van der Waals surface area contributed by atoms with Crippen LogP contribution in [-0.4, -0.2) is 46.1 Å². The number of rotatable bonds is 4. The van der Waals surface area contributed by atoms with E-state index < -0.39 is 11.8 Å². The molecule has 2 aromatic rings. The summed E-state index contributed by atoms with van der Waals surface area (Å²) in [6, 6.07) is 1.60. The highest BCUT2D eigenvalue weighted by Gasteiger charge is 2.38. The molecule has 0 aliphatic carbocycles. The SMILES string of the molecule is CCONC(=O)c1cnn2ccc(N3CCC(F)(F)C3)nc12. The van der Waals surface area contributed by atoms with Crippen LogP contribution in [0.1, 0.15) is 23.7 Å². The van der Waals surface area contributed by atoms with Crippen molar-refractivity contribution in [3.8, 4) is 0 Å². The zero-order valence-corrected chi connectivity index (χ0v) is 11.9. The summed E-state index contributed by atoms with van der Waals surface area (Å²) in [4.78, 5) is 22.6. The van der Waals surface area contributed by atoms with Crippen LogP contribution in [0.5, 0.6) is 0 Å². The van der Waals surface area contributed by atoms with Gasteiger partial charge in [-0.05, 0) is 13.0 Å². The number of amides is 1. The number of hydrogen-bond acceptors (Lipinski definition) is 5. The van der Waals surface area contributed by atoms with Gasteiger partial charge in [-0.25, -0.2) is 23.8 Å². The predicted molar refractivity (Wildman–Crippen MR) is 73.9 cm³/mol. The minimum atomic E-state index is -2.71. The largest absolute Gasteiger partial charge is 0.350 e. The molecule has 0 atom stereocenters. The molecule has 1 N–H and O–H groups in total. The first kappa shape index (κ1) is 14.6.